The minimum atomic E-state index is -0.990. The summed E-state index contributed by atoms with van der Waals surface area (Å²) in [6, 6.07) is 3.16. The second-order valence-corrected chi connectivity index (χ2v) is 2.90. The highest BCUT2D eigenvalue weighted by molar-refractivity contribution is 5.94. The Balaban J connectivity index is 2.51. The third-order valence-corrected chi connectivity index (χ3v) is 1.85. The van der Waals surface area contributed by atoms with E-state index in [4.69, 9.17) is 9.63 Å². The van der Waals surface area contributed by atoms with Gasteiger partial charge in [-0.2, -0.15) is 0 Å². The molecule has 0 radical (unpaired) electrons. The Kier molecular flexibility index (Phi) is 1.85. The molecule has 0 saturated carbocycles. The van der Waals surface area contributed by atoms with E-state index in [1.807, 2.05) is 0 Å². The lowest BCUT2D eigenvalue weighted by molar-refractivity contribution is 0.0697. The number of hydrogen-bond donors (Lipinski definition) is 2. The number of hydrogen-bond acceptors (Lipinski definition) is 3. The predicted molar refractivity (Wildman–Crippen MR) is 48.0 cm³/mol. The van der Waals surface area contributed by atoms with Crippen LogP contribution < -0.4 is 0 Å². The molecule has 2 heterocycles. The molecule has 2 N–H and O–H groups in total. The number of rotatable bonds is 2. The Morgan fingerprint density at radius 2 is 2.43 bits per heavy atom. The number of carboxylic acids is 1. The highest BCUT2D eigenvalue weighted by Crippen LogP contribution is 2.22. The number of nitrogens with zero attached hydrogens (tertiary/aromatic N) is 1. The molecule has 0 aliphatic carbocycles. The fraction of sp³-hybridized carbons (Fsp3) is 0.111. The molecular weight excluding hydrogens is 184 g/mol. The molecule has 5 nitrogen and oxygen atoms in total. The summed E-state index contributed by atoms with van der Waals surface area (Å²) in [5.74, 6) is -0.555. The van der Waals surface area contributed by atoms with Gasteiger partial charge in [-0.15, -0.1) is 0 Å². The van der Waals surface area contributed by atoms with Crippen molar-refractivity contribution in [2.75, 3.05) is 0 Å². The molecule has 0 aromatic carbocycles. The number of nitrogens with one attached hydrogen (secondary N) is 1. The molecule has 0 unspecified atom stereocenters. The van der Waals surface area contributed by atoms with Crippen LogP contribution in [0.1, 0.15) is 16.1 Å². The smallest absolute Gasteiger partial charge is 0.338 e. The average molecular weight is 192 g/mol. The van der Waals surface area contributed by atoms with Gasteiger partial charge in [-0.05, 0) is 13.0 Å². The summed E-state index contributed by atoms with van der Waals surface area (Å²) in [4.78, 5) is 13.6. The number of carbonyl (C=O) groups is 1. The van der Waals surface area contributed by atoms with Crippen molar-refractivity contribution in [1.29, 1.82) is 0 Å². The zero-order valence-corrected chi connectivity index (χ0v) is 7.44. The first-order chi connectivity index (χ1) is 6.68. The van der Waals surface area contributed by atoms with Crippen LogP contribution in [0.2, 0.25) is 0 Å². The summed E-state index contributed by atoms with van der Waals surface area (Å²) in [6.07, 6.45) is 1.55. The van der Waals surface area contributed by atoms with Crippen molar-refractivity contribution in [3.05, 3.63) is 29.6 Å². The van der Waals surface area contributed by atoms with Crippen LogP contribution in [0, 0.1) is 6.92 Å². The predicted octanol–water partition coefficient (Wildman–Crippen LogP) is 1.68. The van der Waals surface area contributed by atoms with Crippen molar-refractivity contribution in [3.63, 3.8) is 0 Å². The Morgan fingerprint density at radius 3 is 3.00 bits per heavy atom. The third kappa shape index (κ3) is 1.28. The van der Waals surface area contributed by atoms with Crippen LogP contribution in [-0.4, -0.2) is 21.2 Å². The summed E-state index contributed by atoms with van der Waals surface area (Å²) in [5.41, 5.74) is 1.34. The zero-order chi connectivity index (χ0) is 10.1. The monoisotopic (exact) mass is 192 g/mol. The van der Waals surface area contributed by atoms with Crippen LogP contribution in [0.5, 0.6) is 0 Å². The van der Waals surface area contributed by atoms with Crippen LogP contribution in [-0.2, 0) is 0 Å². The van der Waals surface area contributed by atoms with Crippen LogP contribution in [0.4, 0.5) is 0 Å². The van der Waals surface area contributed by atoms with Gasteiger partial charge in [0.1, 0.15) is 0 Å². The fourth-order valence-electron chi connectivity index (χ4n) is 1.23. The summed E-state index contributed by atoms with van der Waals surface area (Å²) in [6.45, 7) is 1.77. The minimum Gasteiger partial charge on any atom is -0.478 e. The minimum absolute atomic E-state index is 0.182. The van der Waals surface area contributed by atoms with Gasteiger partial charge in [0.05, 0.1) is 17.0 Å². The summed E-state index contributed by atoms with van der Waals surface area (Å²) in [5, 5.41) is 12.5. The van der Waals surface area contributed by atoms with Crippen molar-refractivity contribution in [3.8, 4) is 11.5 Å². The van der Waals surface area contributed by atoms with E-state index >= 15 is 0 Å². The van der Waals surface area contributed by atoms with Gasteiger partial charge in [0.15, 0.2) is 5.76 Å². The van der Waals surface area contributed by atoms with Crippen molar-refractivity contribution in [1.82, 2.24) is 10.1 Å². The molecule has 2 aromatic heterocycles. The molecule has 0 spiro atoms. The molecule has 5 heteroatoms. The van der Waals surface area contributed by atoms with Crippen molar-refractivity contribution >= 4 is 5.97 Å². The van der Waals surface area contributed by atoms with E-state index in [1.165, 1.54) is 6.07 Å². The van der Waals surface area contributed by atoms with Crippen molar-refractivity contribution in [2.24, 2.45) is 0 Å². The summed E-state index contributed by atoms with van der Waals surface area (Å²) in [7, 11) is 0. The number of aromatic amines is 1. The molecule has 0 amide bonds. The SMILES string of the molecule is Cc1cc(-c2[nH]ccc2C(=O)O)on1. The van der Waals surface area contributed by atoms with Gasteiger partial charge in [0, 0.05) is 12.3 Å². The molecule has 0 fully saturated rings. The second-order valence-electron chi connectivity index (χ2n) is 2.90. The highest BCUT2D eigenvalue weighted by atomic mass is 16.5. The van der Waals surface area contributed by atoms with Gasteiger partial charge in [0.2, 0.25) is 0 Å². The van der Waals surface area contributed by atoms with Gasteiger partial charge < -0.3 is 14.6 Å². The largest absolute Gasteiger partial charge is 0.478 e. The van der Waals surface area contributed by atoms with E-state index < -0.39 is 5.97 Å². The van der Waals surface area contributed by atoms with Crippen molar-refractivity contribution < 1.29 is 14.4 Å². The van der Waals surface area contributed by atoms with E-state index in [-0.39, 0.29) is 5.56 Å². The average Bonchev–Trinajstić information content (AvgIpc) is 2.70. The van der Waals surface area contributed by atoms with Gasteiger partial charge in [-0.25, -0.2) is 4.79 Å². The van der Waals surface area contributed by atoms with Gasteiger partial charge in [-0.3, -0.25) is 0 Å². The van der Waals surface area contributed by atoms with Gasteiger partial charge in [0.25, 0.3) is 0 Å². The fourth-order valence-corrected chi connectivity index (χ4v) is 1.23. The lowest BCUT2D eigenvalue weighted by Gasteiger charge is -1.93. The maximum atomic E-state index is 10.8. The Labute approximate surface area is 79.3 Å². The number of H-pyrrole nitrogens is 1. The van der Waals surface area contributed by atoms with Crippen LogP contribution in [0.3, 0.4) is 0 Å². The normalized spacial score (nSPS) is 10.4. The van der Waals surface area contributed by atoms with E-state index in [0.29, 0.717) is 17.1 Å². The van der Waals surface area contributed by atoms with E-state index in [1.54, 1.807) is 19.2 Å². The summed E-state index contributed by atoms with van der Waals surface area (Å²) >= 11 is 0. The third-order valence-electron chi connectivity index (χ3n) is 1.85. The summed E-state index contributed by atoms with van der Waals surface area (Å²) < 4.78 is 4.95. The first-order valence-electron chi connectivity index (χ1n) is 4.03. The molecule has 0 atom stereocenters. The molecular formula is C9H8N2O3. The van der Waals surface area contributed by atoms with Crippen molar-refractivity contribution in [2.45, 2.75) is 6.92 Å². The van der Waals surface area contributed by atoms with E-state index in [9.17, 15) is 4.79 Å². The number of aromatic nitrogens is 2. The highest BCUT2D eigenvalue weighted by Gasteiger charge is 2.15. The number of aryl methyl sites for hydroxylation is 1. The molecule has 0 bridgehead atoms. The van der Waals surface area contributed by atoms with Crippen LogP contribution in [0.25, 0.3) is 11.5 Å². The zero-order valence-electron chi connectivity index (χ0n) is 7.44. The second kappa shape index (κ2) is 3.02. The van der Waals surface area contributed by atoms with E-state index in [0.717, 1.165) is 0 Å². The molecule has 2 aromatic rings. The van der Waals surface area contributed by atoms with Gasteiger partial charge in [-0.1, -0.05) is 5.16 Å². The molecule has 0 aliphatic heterocycles. The molecule has 0 saturated heterocycles. The maximum absolute atomic E-state index is 10.8. The Hall–Kier alpha value is -2.04. The molecule has 14 heavy (non-hydrogen) atoms. The standard InChI is InChI=1S/C9H8N2O3/c1-5-4-7(14-11-5)8-6(9(12)13)2-3-10-8/h2-4,10H,1H3,(H,12,13). The molecule has 0 aliphatic rings. The molecule has 72 valence electrons. The topological polar surface area (TPSA) is 79.1 Å². The Morgan fingerprint density at radius 1 is 1.64 bits per heavy atom. The quantitative estimate of drug-likeness (QED) is 0.758. The maximum Gasteiger partial charge on any atom is 0.338 e. The number of carboxylic acid groups (broad SMARTS) is 1. The Bertz CT molecular complexity index is 470. The van der Waals surface area contributed by atoms with Crippen LogP contribution >= 0.6 is 0 Å². The first kappa shape index (κ1) is 8.55. The lowest BCUT2D eigenvalue weighted by atomic mass is 10.2. The van der Waals surface area contributed by atoms with Crippen LogP contribution in [0.15, 0.2) is 22.9 Å². The van der Waals surface area contributed by atoms with E-state index in [2.05, 4.69) is 10.1 Å². The molecule has 2 rings (SSSR count). The lowest BCUT2D eigenvalue weighted by Crippen LogP contribution is -1.95. The first-order valence-corrected chi connectivity index (χ1v) is 4.03. The number of aromatic carboxylic acids is 1. The van der Waals surface area contributed by atoms with Gasteiger partial charge >= 0.3 is 5.97 Å².